The highest BCUT2D eigenvalue weighted by Crippen LogP contribution is 2.29. The van der Waals surface area contributed by atoms with Crippen LogP contribution in [0.4, 0.5) is 5.69 Å². The van der Waals surface area contributed by atoms with Crippen molar-refractivity contribution in [2.24, 2.45) is 0 Å². The number of hydrogen-bond acceptors (Lipinski definition) is 6. The molecule has 9 nitrogen and oxygen atoms in total. The lowest BCUT2D eigenvalue weighted by Gasteiger charge is -2.14. The summed E-state index contributed by atoms with van der Waals surface area (Å²) in [6.45, 7) is 1.50. The van der Waals surface area contributed by atoms with Crippen LogP contribution in [0.5, 0.6) is 0 Å². The molecule has 0 saturated carbocycles. The van der Waals surface area contributed by atoms with E-state index in [1.807, 2.05) is 0 Å². The molecule has 0 aliphatic carbocycles. The maximum absolute atomic E-state index is 12.5. The van der Waals surface area contributed by atoms with Crippen LogP contribution < -0.4 is 5.32 Å². The molecule has 1 aliphatic rings. The SMILES string of the molecule is Cc1nc2c(NC(=O)CCN3C(=O)c4ccccc4S3(=O)=O)cccn2n1. The predicted octanol–water partition coefficient (Wildman–Crippen LogP) is 1.21. The second kappa shape index (κ2) is 6.16. The van der Waals surface area contributed by atoms with Gasteiger partial charge in [-0.15, -0.1) is 0 Å². The number of nitrogens with one attached hydrogen (secondary N) is 1. The summed E-state index contributed by atoms with van der Waals surface area (Å²) in [5.74, 6) is -0.487. The molecule has 3 heterocycles. The number of carbonyl (C=O) groups excluding carboxylic acids is 2. The van der Waals surface area contributed by atoms with Gasteiger partial charge in [-0.2, -0.15) is 5.10 Å². The van der Waals surface area contributed by atoms with Gasteiger partial charge in [-0.1, -0.05) is 12.1 Å². The van der Waals surface area contributed by atoms with Crippen molar-refractivity contribution in [3.63, 3.8) is 0 Å². The summed E-state index contributed by atoms with van der Waals surface area (Å²) in [6, 6.07) is 9.39. The van der Waals surface area contributed by atoms with Crippen LogP contribution in [-0.2, 0) is 14.8 Å². The maximum Gasteiger partial charge on any atom is 0.269 e. The maximum atomic E-state index is 12.5. The number of amides is 2. The van der Waals surface area contributed by atoms with E-state index >= 15 is 0 Å². The van der Waals surface area contributed by atoms with Gasteiger partial charge >= 0.3 is 0 Å². The van der Waals surface area contributed by atoms with Gasteiger partial charge in [0.05, 0.1) is 11.3 Å². The van der Waals surface area contributed by atoms with Crippen molar-refractivity contribution in [3.8, 4) is 0 Å². The average Bonchev–Trinajstić information content (AvgIpc) is 3.10. The van der Waals surface area contributed by atoms with Gasteiger partial charge in [-0.3, -0.25) is 9.59 Å². The van der Waals surface area contributed by atoms with Gasteiger partial charge in [-0.05, 0) is 31.2 Å². The first-order valence-corrected chi connectivity index (χ1v) is 9.60. The molecule has 0 fully saturated rings. The molecule has 0 saturated heterocycles. The van der Waals surface area contributed by atoms with Crippen LogP contribution in [-0.4, -0.2) is 45.7 Å². The van der Waals surface area contributed by atoms with E-state index < -0.39 is 21.8 Å². The molecule has 0 spiro atoms. The number of sulfonamides is 1. The van der Waals surface area contributed by atoms with Crippen molar-refractivity contribution in [2.45, 2.75) is 18.2 Å². The Kier molecular flexibility index (Phi) is 3.92. The summed E-state index contributed by atoms with van der Waals surface area (Å²) >= 11 is 0. The highest BCUT2D eigenvalue weighted by molar-refractivity contribution is 7.90. The molecule has 27 heavy (non-hydrogen) atoms. The molecule has 10 heteroatoms. The summed E-state index contributed by atoms with van der Waals surface area (Å²) < 4.78 is 27.3. The van der Waals surface area contributed by atoms with Gasteiger partial charge in [0.1, 0.15) is 10.7 Å². The van der Waals surface area contributed by atoms with Gasteiger partial charge in [0, 0.05) is 19.2 Å². The molecule has 0 radical (unpaired) electrons. The topological polar surface area (TPSA) is 114 Å². The molecule has 0 bridgehead atoms. The van der Waals surface area contributed by atoms with Crippen LogP contribution in [0.25, 0.3) is 5.65 Å². The highest BCUT2D eigenvalue weighted by Gasteiger charge is 2.40. The van der Waals surface area contributed by atoms with Crippen LogP contribution in [0.15, 0.2) is 47.5 Å². The Morgan fingerprint density at radius 3 is 2.74 bits per heavy atom. The van der Waals surface area contributed by atoms with Crippen LogP contribution in [0.2, 0.25) is 0 Å². The fourth-order valence-electron chi connectivity index (χ4n) is 2.98. The number of nitrogens with zero attached hydrogens (tertiary/aromatic N) is 4. The van der Waals surface area contributed by atoms with Gasteiger partial charge in [0.2, 0.25) is 5.91 Å². The standard InChI is InChI=1S/C17H15N5O4S/c1-11-18-16-13(6-4-9-21(16)20-11)19-15(23)8-10-22-17(24)12-5-2-3-7-14(12)27(22,25)26/h2-7,9H,8,10H2,1H3,(H,19,23). The zero-order chi connectivity index (χ0) is 19.2. The Morgan fingerprint density at radius 1 is 1.19 bits per heavy atom. The second-order valence-corrected chi connectivity index (χ2v) is 7.86. The summed E-state index contributed by atoms with van der Waals surface area (Å²) in [6.07, 6.45) is 1.53. The van der Waals surface area contributed by atoms with Crippen LogP contribution >= 0.6 is 0 Å². The van der Waals surface area contributed by atoms with Crippen molar-refractivity contribution in [1.29, 1.82) is 0 Å². The molecule has 1 N–H and O–H groups in total. The Labute approximate surface area is 154 Å². The van der Waals surface area contributed by atoms with Crippen LogP contribution in [0.3, 0.4) is 0 Å². The van der Waals surface area contributed by atoms with Crippen molar-refractivity contribution < 1.29 is 18.0 Å². The Balaban J connectivity index is 1.49. The summed E-state index contributed by atoms with van der Waals surface area (Å²) in [4.78, 5) is 28.9. The number of benzene rings is 1. The lowest BCUT2D eigenvalue weighted by atomic mass is 10.2. The predicted molar refractivity (Wildman–Crippen MR) is 95.6 cm³/mol. The zero-order valence-corrected chi connectivity index (χ0v) is 15.1. The summed E-state index contributed by atoms with van der Waals surface area (Å²) in [7, 11) is -3.92. The van der Waals surface area contributed by atoms with Crippen molar-refractivity contribution >= 4 is 33.2 Å². The highest BCUT2D eigenvalue weighted by atomic mass is 32.2. The number of aromatic nitrogens is 3. The summed E-state index contributed by atoms with van der Waals surface area (Å²) in [5.41, 5.74) is 1.07. The number of rotatable bonds is 4. The Hall–Kier alpha value is -3.27. The molecule has 2 amide bonds. The monoisotopic (exact) mass is 385 g/mol. The number of carbonyl (C=O) groups is 2. The molecule has 1 aliphatic heterocycles. The third-order valence-electron chi connectivity index (χ3n) is 4.20. The third kappa shape index (κ3) is 2.83. The van der Waals surface area contributed by atoms with Crippen molar-refractivity contribution in [1.82, 2.24) is 18.9 Å². The average molecular weight is 385 g/mol. The lowest BCUT2D eigenvalue weighted by molar-refractivity contribution is -0.116. The Morgan fingerprint density at radius 2 is 1.96 bits per heavy atom. The van der Waals surface area contributed by atoms with Gasteiger partial charge in [0.25, 0.3) is 15.9 Å². The van der Waals surface area contributed by atoms with E-state index in [-0.39, 0.29) is 23.4 Å². The fraction of sp³-hybridized carbons (Fsp3) is 0.176. The minimum Gasteiger partial charge on any atom is -0.323 e. The van der Waals surface area contributed by atoms with Crippen molar-refractivity contribution in [3.05, 3.63) is 54.0 Å². The first kappa shape index (κ1) is 17.2. The smallest absolute Gasteiger partial charge is 0.269 e. The van der Waals surface area contributed by atoms with E-state index in [1.54, 1.807) is 37.4 Å². The van der Waals surface area contributed by atoms with E-state index in [1.165, 1.54) is 16.6 Å². The van der Waals surface area contributed by atoms with Gasteiger partial charge < -0.3 is 5.32 Å². The molecule has 4 rings (SSSR count). The molecule has 1 aromatic carbocycles. The summed E-state index contributed by atoms with van der Waals surface area (Å²) in [5, 5.41) is 6.85. The zero-order valence-electron chi connectivity index (χ0n) is 14.3. The van der Waals surface area contributed by atoms with Gasteiger partial charge in [0.15, 0.2) is 5.65 Å². The first-order valence-electron chi connectivity index (χ1n) is 8.16. The molecule has 138 valence electrons. The largest absolute Gasteiger partial charge is 0.323 e. The number of fused-ring (bicyclic) bond motifs is 2. The minimum absolute atomic E-state index is 0.0286. The minimum atomic E-state index is -3.92. The molecular formula is C17H15N5O4S. The fourth-order valence-corrected chi connectivity index (χ4v) is 4.55. The van der Waals surface area contributed by atoms with E-state index in [2.05, 4.69) is 15.4 Å². The third-order valence-corrected chi connectivity index (χ3v) is 6.04. The number of pyridine rings is 1. The quantitative estimate of drug-likeness (QED) is 0.722. The second-order valence-electron chi connectivity index (χ2n) is 6.03. The normalized spacial score (nSPS) is 15.1. The molecule has 3 aromatic rings. The Bertz CT molecular complexity index is 1190. The first-order chi connectivity index (χ1) is 12.9. The molecule has 0 unspecified atom stereocenters. The van der Waals surface area contributed by atoms with E-state index in [4.69, 9.17) is 0 Å². The van der Waals surface area contributed by atoms with E-state index in [9.17, 15) is 18.0 Å². The van der Waals surface area contributed by atoms with Gasteiger partial charge in [-0.25, -0.2) is 22.2 Å². The van der Waals surface area contributed by atoms with E-state index in [0.29, 0.717) is 17.2 Å². The lowest BCUT2D eigenvalue weighted by Crippen LogP contribution is -2.33. The molecular weight excluding hydrogens is 370 g/mol. The number of aryl methyl sites for hydroxylation is 1. The number of hydrogen-bond donors (Lipinski definition) is 1. The van der Waals surface area contributed by atoms with Crippen molar-refractivity contribution in [2.75, 3.05) is 11.9 Å². The number of anilines is 1. The molecule has 0 atom stereocenters. The van der Waals surface area contributed by atoms with Crippen LogP contribution in [0.1, 0.15) is 22.6 Å². The molecule has 2 aromatic heterocycles. The van der Waals surface area contributed by atoms with Crippen LogP contribution in [0, 0.1) is 6.92 Å². The van der Waals surface area contributed by atoms with E-state index in [0.717, 1.165) is 4.31 Å².